The molecule has 0 aliphatic rings. The largest absolute Gasteiger partial charge is 0.398 e. The first-order chi connectivity index (χ1) is 8.63. The second-order valence-corrected chi connectivity index (χ2v) is 4.21. The van der Waals surface area contributed by atoms with Crippen molar-refractivity contribution < 1.29 is 4.39 Å². The van der Waals surface area contributed by atoms with Crippen LogP contribution in [-0.2, 0) is 0 Å². The Morgan fingerprint density at radius 2 is 2.06 bits per heavy atom. The van der Waals surface area contributed by atoms with Crippen molar-refractivity contribution in [2.45, 2.75) is 6.04 Å². The van der Waals surface area contributed by atoms with Crippen LogP contribution in [0.15, 0.2) is 36.7 Å². The lowest BCUT2D eigenvalue weighted by Crippen LogP contribution is -2.30. The van der Waals surface area contributed by atoms with Gasteiger partial charge in [0.15, 0.2) is 0 Å². The topological polar surface area (TPSA) is 77.0 Å². The number of halogens is 2. The predicted octanol–water partition coefficient (Wildman–Crippen LogP) is 2.01. The van der Waals surface area contributed by atoms with Crippen LogP contribution in [0.3, 0.4) is 0 Å². The summed E-state index contributed by atoms with van der Waals surface area (Å²) in [6.45, 7) is 0. The molecule has 0 aliphatic heterocycles. The van der Waals surface area contributed by atoms with E-state index in [2.05, 4.69) is 10.4 Å². The monoisotopic (exact) mass is 266 g/mol. The van der Waals surface area contributed by atoms with E-state index in [0.717, 1.165) is 0 Å². The first kappa shape index (κ1) is 12.8. The Morgan fingerprint density at radius 3 is 2.67 bits per heavy atom. The third-order valence-electron chi connectivity index (χ3n) is 2.64. The standard InChI is InChI=1S/C12H12ClFN4/c13-7-1-2-8(10(14)5-7)12(18-16)9-6-17-4-3-11(9)15/h1-6,12,18H,16H2,(H2,15,17). The number of benzene rings is 1. The second kappa shape index (κ2) is 5.30. The van der Waals surface area contributed by atoms with Gasteiger partial charge in [0.25, 0.3) is 0 Å². The van der Waals surface area contributed by atoms with Crippen LogP contribution in [-0.4, -0.2) is 4.98 Å². The minimum atomic E-state index is -0.573. The lowest BCUT2D eigenvalue weighted by Gasteiger charge is -2.18. The normalized spacial score (nSPS) is 12.4. The Balaban J connectivity index is 2.49. The molecule has 0 saturated carbocycles. The fourth-order valence-electron chi connectivity index (χ4n) is 1.74. The molecule has 0 fully saturated rings. The van der Waals surface area contributed by atoms with Crippen molar-refractivity contribution >= 4 is 17.3 Å². The summed E-state index contributed by atoms with van der Waals surface area (Å²) in [7, 11) is 0. The van der Waals surface area contributed by atoms with Gasteiger partial charge in [-0.1, -0.05) is 17.7 Å². The average molecular weight is 267 g/mol. The van der Waals surface area contributed by atoms with Crippen molar-refractivity contribution in [2.24, 2.45) is 5.84 Å². The number of pyridine rings is 1. The highest BCUT2D eigenvalue weighted by molar-refractivity contribution is 6.30. The maximum absolute atomic E-state index is 13.9. The van der Waals surface area contributed by atoms with E-state index >= 15 is 0 Å². The van der Waals surface area contributed by atoms with Gasteiger partial charge in [-0.3, -0.25) is 10.8 Å². The molecule has 0 bridgehead atoms. The molecule has 1 heterocycles. The zero-order valence-corrected chi connectivity index (χ0v) is 10.2. The van der Waals surface area contributed by atoms with Gasteiger partial charge in [-0.15, -0.1) is 0 Å². The zero-order valence-electron chi connectivity index (χ0n) is 9.40. The summed E-state index contributed by atoms with van der Waals surface area (Å²) in [5.41, 5.74) is 9.83. The van der Waals surface area contributed by atoms with Crippen molar-refractivity contribution in [2.75, 3.05) is 5.73 Å². The summed E-state index contributed by atoms with van der Waals surface area (Å²) in [4.78, 5) is 3.96. The molecule has 0 saturated heterocycles. The maximum atomic E-state index is 13.9. The molecule has 0 spiro atoms. The molecule has 18 heavy (non-hydrogen) atoms. The molecule has 6 heteroatoms. The number of rotatable bonds is 3. The van der Waals surface area contributed by atoms with Crippen molar-refractivity contribution in [3.05, 3.63) is 58.6 Å². The molecule has 0 aliphatic carbocycles. The first-order valence-corrected chi connectivity index (χ1v) is 5.61. The Kier molecular flexibility index (Phi) is 3.76. The summed E-state index contributed by atoms with van der Waals surface area (Å²) in [6, 6.07) is 5.45. The summed E-state index contributed by atoms with van der Waals surface area (Å²) in [6.07, 6.45) is 3.11. The second-order valence-electron chi connectivity index (χ2n) is 3.77. The van der Waals surface area contributed by atoms with Crippen LogP contribution in [0.1, 0.15) is 17.2 Å². The summed E-state index contributed by atoms with van der Waals surface area (Å²) < 4.78 is 13.9. The SMILES string of the molecule is NNC(c1cnccc1N)c1ccc(Cl)cc1F. The van der Waals surface area contributed by atoms with Gasteiger partial charge >= 0.3 is 0 Å². The summed E-state index contributed by atoms with van der Waals surface area (Å²) in [5, 5.41) is 0.325. The van der Waals surface area contributed by atoms with Gasteiger partial charge in [0, 0.05) is 34.2 Å². The Morgan fingerprint density at radius 1 is 1.28 bits per heavy atom. The fourth-order valence-corrected chi connectivity index (χ4v) is 1.90. The quantitative estimate of drug-likeness (QED) is 0.587. The van der Waals surface area contributed by atoms with Gasteiger partial charge in [0.2, 0.25) is 0 Å². The molecule has 2 aromatic rings. The molecule has 1 aromatic carbocycles. The van der Waals surface area contributed by atoms with E-state index in [-0.39, 0.29) is 0 Å². The highest BCUT2D eigenvalue weighted by Crippen LogP contribution is 2.28. The van der Waals surface area contributed by atoms with Crippen LogP contribution in [0, 0.1) is 5.82 Å². The Hall–Kier alpha value is -1.69. The first-order valence-electron chi connectivity index (χ1n) is 5.24. The van der Waals surface area contributed by atoms with Gasteiger partial charge < -0.3 is 5.73 Å². The van der Waals surface area contributed by atoms with Crippen molar-refractivity contribution in [3.63, 3.8) is 0 Å². The van der Waals surface area contributed by atoms with Gasteiger partial charge in [-0.25, -0.2) is 9.82 Å². The van der Waals surface area contributed by atoms with Gasteiger partial charge in [0.05, 0.1) is 6.04 Å². The average Bonchev–Trinajstić information content (AvgIpc) is 2.34. The molecular formula is C12H12ClFN4. The molecular weight excluding hydrogens is 255 g/mol. The van der Waals surface area contributed by atoms with Crippen LogP contribution in [0.4, 0.5) is 10.1 Å². The van der Waals surface area contributed by atoms with E-state index in [9.17, 15) is 4.39 Å². The number of anilines is 1. The molecule has 4 nitrogen and oxygen atoms in total. The number of nitrogens with two attached hydrogens (primary N) is 2. The molecule has 2 rings (SSSR count). The maximum Gasteiger partial charge on any atom is 0.129 e. The number of aromatic nitrogens is 1. The van der Waals surface area contributed by atoms with E-state index in [1.807, 2.05) is 0 Å². The molecule has 1 unspecified atom stereocenters. The predicted molar refractivity (Wildman–Crippen MR) is 69.2 cm³/mol. The van der Waals surface area contributed by atoms with Crippen molar-refractivity contribution in [1.29, 1.82) is 0 Å². The molecule has 1 atom stereocenters. The van der Waals surface area contributed by atoms with Crippen LogP contribution in [0.25, 0.3) is 0 Å². The van der Waals surface area contributed by atoms with Gasteiger partial charge in [-0.05, 0) is 18.2 Å². The van der Waals surface area contributed by atoms with Gasteiger partial charge in [-0.2, -0.15) is 0 Å². The fraction of sp³-hybridized carbons (Fsp3) is 0.0833. The van der Waals surface area contributed by atoms with E-state index in [1.54, 1.807) is 30.6 Å². The number of hydrazine groups is 1. The molecule has 5 N–H and O–H groups in total. The Labute approximate surface area is 109 Å². The van der Waals surface area contributed by atoms with Crippen molar-refractivity contribution in [3.8, 4) is 0 Å². The summed E-state index contributed by atoms with van der Waals surface area (Å²) >= 11 is 5.71. The Bertz CT molecular complexity index is 562. The lowest BCUT2D eigenvalue weighted by atomic mass is 9.99. The third-order valence-corrected chi connectivity index (χ3v) is 2.87. The number of nitrogens with one attached hydrogen (secondary N) is 1. The lowest BCUT2D eigenvalue weighted by molar-refractivity contribution is 0.560. The van der Waals surface area contributed by atoms with Crippen LogP contribution in [0.2, 0.25) is 5.02 Å². The van der Waals surface area contributed by atoms with Crippen LogP contribution in [0.5, 0.6) is 0 Å². The minimum Gasteiger partial charge on any atom is -0.398 e. The van der Waals surface area contributed by atoms with Crippen LogP contribution >= 0.6 is 11.6 Å². The molecule has 94 valence electrons. The van der Waals surface area contributed by atoms with Gasteiger partial charge in [0.1, 0.15) is 5.82 Å². The van der Waals surface area contributed by atoms with E-state index in [4.69, 9.17) is 23.2 Å². The third kappa shape index (κ3) is 2.43. The van der Waals surface area contributed by atoms with E-state index < -0.39 is 11.9 Å². The smallest absolute Gasteiger partial charge is 0.129 e. The molecule has 0 amide bonds. The highest BCUT2D eigenvalue weighted by atomic mass is 35.5. The number of hydrogen-bond donors (Lipinski definition) is 3. The number of nitrogen functional groups attached to an aromatic ring is 1. The van der Waals surface area contributed by atoms with E-state index in [0.29, 0.717) is 21.8 Å². The van der Waals surface area contributed by atoms with Crippen LogP contribution < -0.4 is 17.0 Å². The molecule has 1 aromatic heterocycles. The highest BCUT2D eigenvalue weighted by Gasteiger charge is 2.19. The minimum absolute atomic E-state index is 0.325. The van der Waals surface area contributed by atoms with E-state index in [1.165, 1.54) is 6.07 Å². The molecule has 0 radical (unpaired) electrons. The number of nitrogens with zero attached hydrogens (tertiary/aromatic N) is 1. The summed E-state index contributed by atoms with van der Waals surface area (Å²) in [5.74, 6) is 5.03. The number of hydrogen-bond acceptors (Lipinski definition) is 4. The zero-order chi connectivity index (χ0) is 13.1. The van der Waals surface area contributed by atoms with Crippen molar-refractivity contribution in [1.82, 2.24) is 10.4 Å².